The van der Waals surface area contributed by atoms with Crippen molar-refractivity contribution in [1.29, 1.82) is 0 Å². The summed E-state index contributed by atoms with van der Waals surface area (Å²) in [5, 5.41) is 16.3. The van der Waals surface area contributed by atoms with Crippen LogP contribution >= 0.6 is 11.3 Å². The van der Waals surface area contributed by atoms with Crippen LogP contribution in [0.5, 0.6) is 0 Å². The normalized spacial score (nSPS) is 11.9. The van der Waals surface area contributed by atoms with E-state index in [2.05, 4.69) is 20.6 Å². The summed E-state index contributed by atoms with van der Waals surface area (Å²) in [5.41, 5.74) is 11.0. The monoisotopic (exact) mass is 419 g/mol. The van der Waals surface area contributed by atoms with E-state index in [0.717, 1.165) is 21.5 Å². The second-order valence-electron chi connectivity index (χ2n) is 6.85. The fourth-order valence-corrected chi connectivity index (χ4v) is 3.92. The van der Waals surface area contributed by atoms with Gasteiger partial charge in [-0.05, 0) is 30.2 Å². The number of thiazole rings is 1. The smallest absolute Gasteiger partial charge is 0.252 e. The van der Waals surface area contributed by atoms with Gasteiger partial charge in [0.1, 0.15) is 5.82 Å². The van der Waals surface area contributed by atoms with Gasteiger partial charge in [0.2, 0.25) is 0 Å². The number of hydrogen-bond acceptors (Lipinski definition) is 7. The topological polar surface area (TPSA) is 113 Å². The van der Waals surface area contributed by atoms with Crippen molar-refractivity contribution in [3.8, 4) is 0 Å². The Morgan fingerprint density at radius 3 is 2.73 bits per heavy atom. The van der Waals surface area contributed by atoms with Gasteiger partial charge in [-0.15, -0.1) is 11.3 Å². The molecule has 0 aliphatic carbocycles. The molecular weight excluding hydrogens is 398 g/mol. The zero-order valence-electron chi connectivity index (χ0n) is 16.1. The van der Waals surface area contributed by atoms with Crippen molar-refractivity contribution < 1.29 is 9.90 Å². The van der Waals surface area contributed by atoms with Gasteiger partial charge in [0.15, 0.2) is 0 Å². The maximum absolute atomic E-state index is 11.9. The number of carbonyl (C=O) groups is 1. The van der Waals surface area contributed by atoms with Crippen LogP contribution in [0.3, 0.4) is 0 Å². The fourth-order valence-electron chi connectivity index (χ4n) is 3.20. The van der Waals surface area contributed by atoms with Crippen molar-refractivity contribution in [2.75, 3.05) is 17.2 Å². The van der Waals surface area contributed by atoms with E-state index in [-0.39, 0.29) is 18.2 Å². The quantitative estimate of drug-likeness (QED) is 0.347. The Morgan fingerprint density at radius 1 is 1.13 bits per heavy atom. The summed E-state index contributed by atoms with van der Waals surface area (Å²) < 4.78 is 1.07. The number of nitrogens with zero attached hydrogens (tertiary/aromatic N) is 2. The van der Waals surface area contributed by atoms with Crippen LogP contribution in [0.25, 0.3) is 10.2 Å². The lowest BCUT2D eigenvalue weighted by Gasteiger charge is -2.20. The van der Waals surface area contributed by atoms with Gasteiger partial charge in [-0.25, -0.2) is 9.97 Å². The predicted molar refractivity (Wildman–Crippen MR) is 120 cm³/mol. The van der Waals surface area contributed by atoms with Crippen LogP contribution in [-0.2, 0) is 6.42 Å². The first-order chi connectivity index (χ1) is 14.6. The molecule has 0 spiro atoms. The third-order valence-corrected chi connectivity index (χ3v) is 5.47. The van der Waals surface area contributed by atoms with Crippen molar-refractivity contribution in [1.82, 2.24) is 9.97 Å². The molecule has 0 saturated carbocycles. The molecule has 0 fully saturated rings. The standard InChI is InChI=1S/C22H21N5O2S/c23-22(29)17-11-24-21(27-15-6-7-18-20(9-15)30-13-25-18)10-19(17)26-16(12-28)8-14-4-2-1-3-5-14/h1-7,9-11,13,16,28H,8,12H2,(H2,23,29)(H2,24,26,27)/t16-/m0/s1. The zero-order valence-corrected chi connectivity index (χ0v) is 16.9. The molecule has 0 aliphatic rings. The minimum atomic E-state index is -0.584. The van der Waals surface area contributed by atoms with E-state index < -0.39 is 5.91 Å². The average Bonchev–Trinajstić information content (AvgIpc) is 3.22. The van der Waals surface area contributed by atoms with Gasteiger partial charge in [0.05, 0.1) is 39.6 Å². The van der Waals surface area contributed by atoms with E-state index in [1.54, 1.807) is 22.9 Å². The van der Waals surface area contributed by atoms with E-state index in [1.807, 2.05) is 48.5 Å². The Hall–Kier alpha value is -3.49. The summed E-state index contributed by atoms with van der Waals surface area (Å²) in [6.45, 7) is -0.0970. The fraction of sp³-hybridized carbons (Fsp3) is 0.136. The molecule has 1 atom stereocenters. The van der Waals surface area contributed by atoms with Crippen LogP contribution in [0.2, 0.25) is 0 Å². The van der Waals surface area contributed by atoms with Gasteiger partial charge in [0, 0.05) is 18.0 Å². The Labute approximate surface area is 177 Å². The molecule has 8 heteroatoms. The van der Waals surface area contributed by atoms with Crippen LogP contribution in [0.4, 0.5) is 17.2 Å². The van der Waals surface area contributed by atoms with Gasteiger partial charge < -0.3 is 21.5 Å². The molecule has 2 aromatic carbocycles. The Bertz CT molecular complexity index is 1160. The summed E-state index contributed by atoms with van der Waals surface area (Å²) in [6.07, 6.45) is 2.04. The molecule has 1 amide bonds. The van der Waals surface area contributed by atoms with Crippen LogP contribution in [0.15, 0.2) is 66.3 Å². The lowest BCUT2D eigenvalue weighted by Crippen LogP contribution is -2.28. The summed E-state index contributed by atoms with van der Waals surface area (Å²) in [7, 11) is 0. The number of fused-ring (bicyclic) bond motifs is 1. The molecule has 0 saturated heterocycles. The SMILES string of the molecule is NC(=O)c1cnc(Nc2ccc3ncsc3c2)cc1N[C@H](CO)Cc1ccccc1. The van der Waals surface area contributed by atoms with E-state index in [9.17, 15) is 9.90 Å². The first-order valence-electron chi connectivity index (χ1n) is 9.44. The molecule has 0 unspecified atom stereocenters. The summed E-state index contributed by atoms with van der Waals surface area (Å²) in [5.74, 6) is -0.0261. The number of nitrogens with two attached hydrogens (primary N) is 1. The van der Waals surface area contributed by atoms with E-state index >= 15 is 0 Å². The van der Waals surface area contributed by atoms with Gasteiger partial charge in [0.25, 0.3) is 5.91 Å². The molecule has 30 heavy (non-hydrogen) atoms. The number of nitrogens with one attached hydrogen (secondary N) is 2. The van der Waals surface area contributed by atoms with Crippen LogP contribution in [0, 0.1) is 0 Å². The maximum atomic E-state index is 11.9. The molecule has 0 radical (unpaired) electrons. The van der Waals surface area contributed by atoms with Gasteiger partial charge >= 0.3 is 0 Å². The molecule has 0 aliphatic heterocycles. The Morgan fingerprint density at radius 2 is 1.97 bits per heavy atom. The number of hydrogen-bond donors (Lipinski definition) is 4. The van der Waals surface area contributed by atoms with Crippen LogP contribution in [-0.4, -0.2) is 33.6 Å². The van der Waals surface area contributed by atoms with Crippen LogP contribution in [0.1, 0.15) is 15.9 Å². The van der Waals surface area contributed by atoms with E-state index in [4.69, 9.17) is 5.73 Å². The van der Waals surface area contributed by atoms with Crippen molar-refractivity contribution in [2.24, 2.45) is 5.73 Å². The first kappa shape index (κ1) is 19.8. The number of rotatable bonds is 8. The summed E-state index contributed by atoms with van der Waals surface area (Å²) in [4.78, 5) is 20.5. The number of benzene rings is 2. The highest BCUT2D eigenvalue weighted by molar-refractivity contribution is 7.16. The van der Waals surface area contributed by atoms with Crippen molar-refractivity contribution in [2.45, 2.75) is 12.5 Å². The minimum absolute atomic E-state index is 0.0970. The third-order valence-electron chi connectivity index (χ3n) is 4.68. The Balaban J connectivity index is 1.57. The number of pyridine rings is 1. The number of amides is 1. The molecule has 4 aromatic rings. The number of aliphatic hydroxyl groups is 1. The second kappa shape index (κ2) is 8.89. The first-order valence-corrected chi connectivity index (χ1v) is 10.3. The van der Waals surface area contributed by atoms with Gasteiger partial charge in [-0.3, -0.25) is 4.79 Å². The lowest BCUT2D eigenvalue weighted by atomic mass is 10.1. The molecule has 2 aromatic heterocycles. The Kier molecular flexibility index (Phi) is 5.87. The van der Waals surface area contributed by atoms with Crippen LogP contribution < -0.4 is 16.4 Å². The van der Waals surface area contributed by atoms with Gasteiger partial charge in [-0.2, -0.15) is 0 Å². The van der Waals surface area contributed by atoms with Crippen molar-refractivity contribution in [3.05, 3.63) is 77.4 Å². The molecular formula is C22H21N5O2S. The maximum Gasteiger partial charge on any atom is 0.252 e. The summed E-state index contributed by atoms with van der Waals surface area (Å²) >= 11 is 1.56. The second-order valence-corrected chi connectivity index (χ2v) is 7.74. The van der Waals surface area contributed by atoms with Crippen molar-refractivity contribution >= 4 is 44.7 Å². The molecule has 0 bridgehead atoms. The average molecular weight is 420 g/mol. The predicted octanol–water partition coefficient (Wildman–Crippen LogP) is 3.55. The highest BCUT2D eigenvalue weighted by Gasteiger charge is 2.15. The van der Waals surface area contributed by atoms with Crippen molar-refractivity contribution in [3.63, 3.8) is 0 Å². The summed E-state index contributed by atoms with van der Waals surface area (Å²) in [6, 6.07) is 17.1. The molecule has 4 rings (SSSR count). The molecule has 5 N–H and O–H groups in total. The number of carbonyl (C=O) groups excluding carboxylic acids is 1. The number of anilines is 3. The third kappa shape index (κ3) is 4.56. The van der Waals surface area contributed by atoms with E-state index in [1.165, 1.54) is 6.20 Å². The molecule has 2 heterocycles. The number of aliphatic hydroxyl groups excluding tert-OH is 1. The lowest BCUT2D eigenvalue weighted by molar-refractivity contribution is 0.100. The minimum Gasteiger partial charge on any atom is -0.394 e. The zero-order chi connectivity index (χ0) is 20.9. The largest absolute Gasteiger partial charge is 0.394 e. The highest BCUT2D eigenvalue weighted by Crippen LogP contribution is 2.26. The molecule has 152 valence electrons. The number of aromatic nitrogens is 2. The number of primary amides is 1. The van der Waals surface area contributed by atoms with E-state index in [0.29, 0.717) is 17.9 Å². The highest BCUT2D eigenvalue weighted by atomic mass is 32.1. The van der Waals surface area contributed by atoms with Gasteiger partial charge in [-0.1, -0.05) is 30.3 Å². The molecule has 7 nitrogen and oxygen atoms in total.